The van der Waals surface area contributed by atoms with E-state index in [0.717, 1.165) is 6.33 Å². The standard InChI is InChI=1S/C16H12ClN7O3/c17-10-4-6-11(7-5-10)21-14-13(24(26)27)15(20-9-19-14)22-23-16(25)12-3-1-2-8-18-12/h1-9H,(H,23,25)(H2,19,20,21,22). The summed E-state index contributed by atoms with van der Waals surface area (Å²) in [5.41, 5.74) is 5.00. The summed E-state index contributed by atoms with van der Waals surface area (Å²) in [6, 6.07) is 11.3. The summed E-state index contributed by atoms with van der Waals surface area (Å²) in [7, 11) is 0. The summed E-state index contributed by atoms with van der Waals surface area (Å²) < 4.78 is 0. The maximum atomic E-state index is 12.0. The third kappa shape index (κ3) is 4.44. The Labute approximate surface area is 157 Å². The monoisotopic (exact) mass is 385 g/mol. The molecule has 0 aliphatic rings. The molecule has 0 saturated carbocycles. The lowest BCUT2D eigenvalue weighted by Gasteiger charge is -2.10. The van der Waals surface area contributed by atoms with Crippen LogP contribution >= 0.6 is 11.6 Å². The van der Waals surface area contributed by atoms with Crippen molar-refractivity contribution in [3.63, 3.8) is 0 Å². The second kappa shape index (κ2) is 8.06. The van der Waals surface area contributed by atoms with E-state index >= 15 is 0 Å². The Morgan fingerprint density at radius 1 is 1.04 bits per heavy atom. The van der Waals surface area contributed by atoms with Crippen molar-refractivity contribution in [2.24, 2.45) is 0 Å². The van der Waals surface area contributed by atoms with Gasteiger partial charge in [0, 0.05) is 16.9 Å². The van der Waals surface area contributed by atoms with Crippen LogP contribution in [0.2, 0.25) is 5.02 Å². The van der Waals surface area contributed by atoms with Gasteiger partial charge < -0.3 is 5.32 Å². The number of carbonyl (C=O) groups is 1. The van der Waals surface area contributed by atoms with Crippen molar-refractivity contribution >= 4 is 40.5 Å². The molecule has 0 radical (unpaired) electrons. The Morgan fingerprint density at radius 3 is 2.44 bits per heavy atom. The molecule has 3 rings (SSSR count). The predicted octanol–water partition coefficient (Wildman–Crippen LogP) is 2.93. The van der Waals surface area contributed by atoms with Crippen LogP contribution in [0.4, 0.5) is 23.0 Å². The predicted molar refractivity (Wildman–Crippen MR) is 98.7 cm³/mol. The second-order valence-corrected chi connectivity index (χ2v) is 5.54. The molecule has 2 aromatic heterocycles. The van der Waals surface area contributed by atoms with E-state index in [2.05, 4.69) is 31.1 Å². The van der Waals surface area contributed by atoms with Gasteiger partial charge in [0.2, 0.25) is 11.6 Å². The Morgan fingerprint density at radius 2 is 1.78 bits per heavy atom. The number of amides is 1. The lowest BCUT2D eigenvalue weighted by atomic mass is 10.3. The van der Waals surface area contributed by atoms with Gasteiger partial charge in [-0.3, -0.25) is 30.7 Å². The van der Waals surface area contributed by atoms with E-state index in [-0.39, 0.29) is 17.3 Å². The van der Waals surface area contributed by atoms with Gasteiger partial charge in [0.25, 0.3) is 5.91 Å². The molecule has 1 amide bonds. The van der Waals surface area contributed by atoms with Crippen LogP contribution in [0.3, 0.4) is 0 Å². The topological polar surface area (TPSA) is 135 Å². The van der Waals surface area contributed by atoms with E-state index in [1.165, 1.54) is 12.3 Å². The molecular weight excluding hydrogens is 374 g/mol. The van der Waals surface area contributed by atoms with Crippen LogP contribution in [0.5, 0.6) is 0 Å². The fraction of sp³-hybridized carbons (Fsp3) is 0. The zero-order valence-electron chi connectivity index (χ0n) is 13.6. The summed E-state index contributed by atoms with van der Waals surface area (Å²) in [5.74, 6) is -0.807. The van der Waals surface area contributed by atoms with E-state index in [1.807, 2.05) is 0 Å². The smallest absolute Gasteiger partial charge is 0.334 e. The van der Waals surface area contributed by atoms with Crippen molar-refractivity contribution in [1.29, 1.82) is 0 Å². The zero-order chi connectivity index (χ0) is 19.2. The van der Waals surface area contributed by atoms with Gasteiger partial charge in [0.1, 0.15) is 12.0 Å². The van der Waals surface area contributed by atoms with Crippen molar-refractivity contribution in [1.82, 2.24) is 20.4 Å². The number of pyridine rings is 1. The summed E-state index contributed by atoms with van der Waals surface area (Å²) >= 11 is 5.83. The van der Waals surface area contributed by atoms with Gasteiger partial charge in [-0.15, -0.1) is 0 Å². The molecule has 0 saturated heterocycles. The fourth-order valence-electron chi connectivity index (χ4n) is 2.08. The third-order valence-corrected chi connectivity index (χ3v) is 3.56. The largest absolute Gasteiger partial charge is 0.355 e. The molecule has 3 N–H and O–H groups in total. The van der Waals surface area contributed by atoms with Gasteiger partial charge in [0.05, 0.1) is 4.92 Å². The molecule has 0 unspecified atom stereocenters. The number of benzene rings is 1. The van der Waals surface area contributed by atoms with Crippen molar-refractivity contribution in [2.75, 3.05) is 10.7 Å². The first-order valence-corrected chi connectivity index (χ1v) is 7.92. The van der Waals surface area contributed by atoms with Gasteiger partial charge in [-0.2, -0.15) is 0 Å². The summed E-state index contributed by atoms with van der Waals surface area (Å²) in [6.45, 7) is 0. The highest BCUT2D eigenvalue weighted by Crippen LogP contribution is 2.30. The zero-order valence-corrected chi connectivity index (χ0v) is 14.3. The molecule has 136 valence electrons. The van der Waals surface area contributed by atoms with Crippen molar-refractivity contribution < 1.29 is 9.72 Å². The average Bonchev–Trinajstić information content (AvgIpc) is 2.68. The molecule has 0 spiro atoms. The Balaban J connectivity index is 1.82. The minimum atomic E-state index is -0.659. The van der Waals surface area contributed by atoms with Crippen LogP contribution in [0.15, 0.2) is 55.0 Å². The van der Waals surface area contributed by atoms with Crippen LogP contribution in [-0.2, 0) is 0 Å². The molecule has 0 fully saturated rings. The van der Waals surface area contributed by atoms with E-state index < -0.39 is 16.5 Å². The Bertz CT molecular complexity index is 968. The summed E-state index contributed by atoms with van der Waals surface area (Å²) in [5, 5.41) is 14.9. The molecule has 3 aromatic rings. The first-order valence-electron chi connectivity index (χ1n) is 7.54. The molecular formula is C16H12ClN7O3. The highest BCUT2D eigenvalue weighted by Gasteiger charge is 2.23. The number of nitrogens with zero attached hydrogens (tertiary/aromatic N) is 4. The number of hydrogen-bond acceptors (Lipinski definition) is 8. The minimum Gasteiger partial charge on any atom is -0.334 e. The van der Waals surface area contributed by atoms with Gasteiger partial charge >= 0.3 is 5.69 Å². The SMILES string of the molecule is O=C(NNc1ncnc(Nc2ccc(Cl)cc2)c1[N+](=O)[O-])c1ccccn1. The number of nitrogens with one attached hydrogen (secondary N) is 3. The first kappa shape index (κ1) is 18.0. The minimum absolute atomic E-state index is 0.0492. The molecule has 11 heteroatoms. The summed E-state index contributed by atoms with van der Waals surface area (Å²) in [6.07, 6.45) is 2.58. The number of aromatic nitrogens is 3. The van der Waals surface area contributed by atoms with E-state index in [9.17, 15) is 14.9 Å². The van der Waals surface area contributed by atoms with Crippen LogP contribution < -0.4 is 16.2 Å². The number of carbonyl (C=O) groups excluding carboxylic acids is 1. The number of anilines is 3. The number of nitro groups is 1. The molecule has 0 bridgehead atoms. The fourth-order valence-corrected chi connectivity index (χ4v) is 2.21. The van der Waals surface area contributed by atoms with Gasteiger partial charge in [-0.05, 0) is 36.4 Å². The quantitative estimate of drug-likeness (QED) is 0.435. The third-order valence-electron chi connectivity index (χ3n) is 3.30. The van der Waals surface area contributed by atoms with Crippen molar-refractivity contribution in [2.45, 2.75) is 0 Å². The van der Waals surface area contributed by atoms with Crippen LogP contribution in [0.25, 0.3) is 0 Å². The van der Waals surface area contributed by atoms with Crippen molar-refractivity contribution in [3.8, 4) is 0 Å². The van der Waals surface area contributed by atoms with Crippen molar-refractivity contribution in [3.05, 3.63) is 75.8 Å². The van der Waals surface area contributed by atoms with E-state index in [0.29, 0.717) is 10.7 Å². The van der Waals surface area contributed by atoms with Gasteiger partial charge in [-0.25, -0.2) is 9.97 Å². The maximum Gasteiger partial charge on any atom is 0.355 e. The lowest BCUT2D eigenvalue weighted by molar-refractivity contribution is -0.383. The molecule has 0 aliphatic carbocycles. The van der Waals surface area contributed by atoms with E-state index in [4.69, 9.17) is 11.6 Å². The van der Waals surface area contributed by atoms with Gasteiger partial charge in [-0.1, -0.05) is 17.7 Å². The van der Waals surface area contributed by atoms with E-state index in [1.54, 1.807) is 36.4 Å². The molecule has 27 heavy (non-hydrogen) atoms. The molecule has 0 atom stereocenters. The normalized spacial score (nSPS) is 10.1. The molecule has 1 aromatic carbocycles. The Kier molecular flexibility index (Phi) is 5.38. The van der Waals surface area contributed by atoms with Crippen LogP contribution in [0.1, 0.15) is 10.5 Å². The lowest BCUT2D eigenvalue weighted by Crippen LogP contribution is -2.31. The molecule has 10 nitrogen and oxygen atoms in total. The van der Waals surface area contributed by atoms with Crippen LogP contribution in [0, 0.1) is 10.1 Å². The van der Waals surface area contributed by atoms with Crippen LogP contribution in [-0.4, -0.2) is 25.8 Å². The number of hydrazine groups is 1. The molecule has 2 heterocycles. The summed E-state index contributed by atoms with van der Waals surface area (Å²) in [4.78, 5) is 34.5. The first-order chi connectivity index (χ1) is 13.0. The van der Waals surface area contributed by atoms with Gasteiger partial charge in [0.15, 0.2) is 0 Å². The molecule has 0 aliphatic heterocycles. The highest BCUT2D eigenvalue weighted by atomic mass is 35.5. The number of halogens is 1. The second-order valence-electron chi connectivity index (χ2n) is 5.10. The maximum absolute atomic E-state index is 12.0. The Hall–Kier alpha value is -3.79. The highest BCUT2D eigenvalue weighted by molar-refractivity contribution is 6.30. The number of hydrogen-bond donors (Lipinski definition) is 3. The average molecular weight is 386 g/mol. The number of rotatable bonds is 6.